The second kappa shape index (κ2) is 7.03. The number of hydrogen-bond acceptors (Lipinski definition) is 6. The zero-order valence-electron chi connectivity index (χ0n) is 14.5. The van der Waals surface area contributed by atoms with Crippen molar-refractivity contribution in [2.45, 2.75) is 29.9 Å². The minimum Gasteiger partial charge on any atom is -0.283 e. The molecule has 2 aliphatic heterocycles. The summed E-state index contributed by atoms with van der Waals surface area (Å²) in [6.45, 7) is 2.10. The number of sulfonamides is 1. The number of rotatable bonds is 4. The third-order valence-electron chi connectivity index (χ3n) is 5.69. The molecule has 0 aromatic carbocycles. The van der Waals surface area contributed by atoms with Crippen LogP contribution in [0.1, 0.15) is 25.7 Å². The lowest BCUT2D eigenvalue weighted by Crippen LogP contribution is -2.52. The fraction of sp³-hybridized carbons (Fsp3) is 0.647. The van der Waals surface area contributed by atoms with Crippen molar-refractivity contribution in [2.24, 2.45) is 11.8 Å². The van der Waals surface area contributed by atoms with Crippen LogP contribution in [0.25, 0.3) is 0 Å². The molecule has 0 N–H and O–H groups in total. The van der Waals surface area contributed by atoms with Crippen molar-refractivity contribution in [3.8, 4) is 0 Å². The molecule has 142 valence electrons. The number of imide groups is 1. The number of piperazine rings is 1. The Hall–Kier alpha value is -1.29. The van der Waals surface area contributed by atoms with Crippen LogP contribution in [0.15, 0.2) is 21.7 Å². The minimum absolute atomic E-state index is 0.0339. The Labute approximate surface area is 157 Å². The third kappa shape index (κ3) is 3.11. The van der Waals surface area contributed by atoms with Gasteiger partial charge in [0.25, 0.3) is 10.0 Å². The van der Waals surface area contributed by atoms with E-state index >= 15 is 0 Å². The van der Waals surface area contributed by atoms with Gasteiger partial charge in [0.05, 0.1) is 18.5 Å². The van der Waals surface area contributed by atoms with Crippen LogP contribution < -0.4 is 0 Å². The van der Waals surface area contributed by atoms with Gasteiger partial charge in [0.2, 0.25) is 11.8 Å². The summed E-state index contributed by atoms with van der Waals surface area (Å²) in [5.74, 6) is -0.324. The standard InChI is InChI=1S/C17H23N3O4S2/c21-16-13-4-1-2-5-14(13)17(22)20(16)12-18-7-9-19(10-8-18)26(23,24)15-6-3-11-25-15/h3,6,11,13-14H,1-2,4-5,7-10,12H2/t13-,14+. The topological polar surface area (TPSA) is 78.0 Å². The summed E-state index contributed by atoms with van der Waals surface area (Å²) >= 11 is 1.22. The highest BCUT2D eigenvalue weighted by Crippen LogP contribution is 2.38. The largest absolute Gasteiger partial charge is 0.283 e. The molecule has 7 nitrogen and oxygen atoms in total. The summed E-state index contributed by atoms with van der Waals surface area (Å²) in [4.78, 5) is 28.6. The molecule has 2 saturated heterocycles. The molecule has 3 fully saturated rings. The minimum atomic E-state index is -3.43. The summed E-state index contributed by atoms with van der Waals surface area (Å²) < 4.78 is 27.0. The van der Waals surface area contributed by atoms with E-state index in [1.165, 1.54) is 20.5 Å². The molecule has 1 aromatic rings. The van der Waals surface area contributed by atoms with Gasteiger partial charge < -0.3 is 0 Å². The van der Waals surface area contributed by atoms with Crippen LogP contribution in [0.2, 0.25) is 0 Å². The van der Waals surface area contributed by atoms with E-state index in [0.29, 0.717) is 30.4 Å². The number of nitrogens with zero attached hydrogens (tertiary/aromatic N) is 3. The Morgan fingerprint density at radius 2 is 1.62 bits per heavy atom. The van der Waals surface area contributed by atoms with Crippen LogP contribution in [0, 0.1) is 11.8 Å². The van der Waals surface area contributed by atoms with Crippen molar-refractivity contribution >= 4 is 33.2 Å². The first kappa shape index (κ1) is 18.1. The van der Waals surface area contributed by atoms with Crippen LogP contribution in [-0.2, 0) is 19.6 Å². The average Bonchev–Trinajstić information content (AvgIpc) is 3.27. The molecule has 3 heterocycles. The van der Waals surface area contributed by atoms with E-state index < -0.39 is 10.0 Å². The van der Waals surface area contributed by atoms with Gasteiger partial charge in [-0.2, -0.15) is 4.31 Å². The third-order valence-corrected chi connectivity index (χ3v) is 8.97. The number of fused-ring (bicyclic) bond motifs is 1. The number of hydrogen-bond donors (Lipinski definition) is 0. The molecule has 26 heavy (non-hydrogen) atoms. The molecule has 3 aliphatic rings. The molecule has 0 spiro atoms. The van der Waals surface area contributed by atoms with Gasteiger partial charge >= 0.3 is 0 Å². The second-order valence-corrected chi connectivity index (χ2v) is 10.3. The molecule has 0 radical (unpaired) electrons. The normalized spacial score (nSPS) is 28.5. The van der Waals surface area contributed by atoms with Crippen molar-refractivity contribution in [3.63, 3.8) is 0 Å². The van der Waals surface area contributed by atoms with Crippen molar-refractivity contribution in [1.29, 1.82) is 0 Å². The van der Waals surface area contributed by atoms with Gasteiger partial charge in [-0.1, -0.05) is 18.9 Å². The molecule has 2 atom stereocenters. The van der Waals surface area contributed by atoms with Crippen LogP contribution >= 0.6 is 11.3 Å². The van der Waals surface area contributed by atoms with E-state index in [1.807, 2.05) is 4.90 Å². The molecule has 9 heteroatoms. The Morgan fingerprint density at radius 1 is 1.00 bits per heavy atom. The highest BCUT2D eigenvalue weighted by atomic mass is 32.2. The fourth-order valence-electron chi connectivity index (χ4n) is 4.22. The van der Waals surface area contributed by atoms with Crippen molar-refractivity contribution < 1.29 is 18.0 Å². The average molecular weight is 398 g/mol. The maximum absolute atomic E-state index is 12.6. The first-order chi connectivity index (χ1) is 12.5. The van der Waals surface area contributed by atoms with Crippen molar-refractivity contribution in [2.75, 3.05) is 32.8 Å². The van der Waals surface area contributed by atoms with Gasteiger partial charge in [-0.15, -0.1) is 11.3 Å². The van der Waals surface area contributed by atoms with E-state index in [-0.39, 0.29) is 30.3 Å². The van der Waals surface area contributed by atoms with Gasteiger partial charge in [-0.3, -0.25) is 19.4 Å². The maximum atomic E-state index is 12.6. The SMILES string of the molecule is O=C1[C@H]2CCCC[C@H]2C(=O)N1CN1CCN(S(=O)(=O)c2cccs2)CC1. The van der Waals surface area contributed by atoms with Gasteiger partial charge in [-0.25, -0.2) is 8.42 Å². The lowest BCUT2D eigenvalue weighted by molar-refractivity contribution is -0.142. The second-order valence-electron chi connectivity index (χ2n) is 7.20. The predicted octanol–water partition coefficient (Wildman–Crippen LogP) is 1.19. The lowest BCUT2D eigenvalue weighted by atomic mass is 9.81. The Balaban J connectivity index is 1.37. The van der Waals surface area contributed by atoms with Gasteiger partial charge in [0.15, 0.2) is 0 Å². The molecule has 1 saturated carbocycles. The number of carbonyl (C=O) groups is 2. The van der Waals surface area contributed by atoms with Gasteiger partial charge in [0, 0.05) is 26.2 Å². The first-order valence-electron chi connectivity index (χ1n) is 9.10. The Bertz CT molecular complexity index is 761. The van der Waals surface area contributed by atoms with Gasteiger partial charge in [-0.05, 0) is 24.3 Å². The van der Waals surface area contributed by atoms with E-state index in [0.717, 1.165) is 25.7 Å². The van der Waals surface area contributed by atoms with Crippen LogP contribution in [0.3, 0.4) is 0 Å². The Kier molecular flexibility index (Phi) is 4.89. The van der Waals surface area contributed by atoms with Crippen LogP contribution in [-0.4, -0.2) is 67.2 Å². The summed E-state index contributed by atoms with van der Waals surface area (Å²) in [7, 11) is -3.43. The molecule has 4 rings (SSSR count). The van der Waals surface area contributed by atoms with Gasteiger partial charge in [0.1, 0.15) is 4.21 Å². The summed E-state index contributed by atoms with van der Waals surface area (Å²) in [5.41, 5.74) is 0. The van der Waals surface area contributed by atoms with Crippen molar-refractivity contribution in [3.05, 3.63) is 17.5 Å². The van der Waals surface area contributed by atoms with Crippen LogP contribution in [0.4, 0.5) is 0 Å². The molecule has 1 aliphatic carbocycles. The highest BCUT2D eigenvalue weighted by Gasteiger charge is 2.48. The summed E-state index contributed by atoms with van der Waals surface area (Å²) in [6, 6.07) is 3.35. The molecular formula is C17H23N3O4S2. The quantitative estimate of drug-likeness (QED) is 0.713. The lowest BCUT2D eigenvalue weighted by Gasteiger charge is -2.35. The van der Waals surface area contributed by atoms with E-state index in [1.54, 1.807) is 17.5 Å². The number of likely N-dealkylation sites (tertiary alicyclic amines) is 1. The maximum Gasteiger partial charge on any atom is 0.252 e. The van der Waals surface area contributed by atoms with E-state index in [2.05, 4.69) is 0 Å². The molecule has 0 bridgehead atoms. The zero-order valence-corrected chi connectivity index (χ0v) is 16.2. The monoisotopic (exact) mass is 397 g/mol. The molecule has 0 unspecified atom stereocenters. The first-order valence-corrected chi connectivity index (χ1v) is 11.4. The molecule has 1 aromatic heterocycles. The van der Waals surface area contributed by atoms with Crippen molar-refractivity contribution in [1.82, 2.24) is 14.1 Å². The smallest absolute Gasteiger partial charge is 0.252 e. The Morgan fingerprint density at radius 3 is 2.15 bits per heavy atom. The zero-order chi connectivity index (χ0) is 18.3. The summed E-state index contributed by atoms with van der Waals surface area (Å²) in [5, 5.41) is 1.76. The summed E-state index contributed by atoms with van der Waals surface area (Å²) in [6.07, 6.45) is 3.68. The molecular weight excluding hydrogens is 374 g/mol. The number of carbonyl (C=O) groups excluding carboxylic acids is 2. The fourth-order valence-corrected chi connectivity index (χ4v) is 6.79. The highest BCUT2D eigenvalue weighted by molar-refractivity contribution is 7.91. The molecule has 2 amide bonds. The van der Waals surface area contributed by atoms with E-state index in [9.17, 15) is 18.0 Å². The number of amides is 2. The predicted molar refractivity (Wildman–Crippen MR) is 96.8 cm³/mol. The van der Waals surface area contributed by atoms with E-state index in [4.69, 9.17) is 0 Å². The number of thiophene rings is 1. The van der Waals surface area contributed by atoms with Crippen LogP contribution in [0.5, 0.6) is 0 Å².